The van der Waals surface area contributed by atoms with E-state index in [0.717, 1.165) is 23.5 Å². The summed E-state index contributed by atoms with van der Waals surface area (Å²) in [7, 11) is 0. The second kappa shape index (κ2) is 5.29. The summed E-state index contributed by atoms with van der Waals surface area (Å²) in [6.45, 7) is 3.58. The number of anilines is 1. The molecule has 0 bridgehead atoms. The van der Waals surface area contributed by atoms with Gasteiger partial charge < -0.3 is 9.64 Å². The molecule has 6 heteroatoms. The van der Waals surface area contributed by atoms with Gasteiger partial charge in [0.1, 0.15) is 0 Å². The van der Waals surface area contributed by atoms with E-state index < -0.39 is 0 Å². The molecular weight excluding hydrogens is 293 g/mol. The Labute approximate surface area is 108 Å². The summed E-state index contributed by atoms with van der Waals surface area (Å²) in [5.41, 5.74) is 0. The van der Waals surface area contributed by atoms with Crippen LogP contribution < -0.4 is 4.90 Å². The van der Waals surface area contributed by atoms with Crippen LogP contribution in [-0.2, 0) is 4.74 Å². The van der Waals surface area contributed by atoms with Crippen molar-refractivity contribution in [1.82, 2.24) is 9.97 Å². The second-order valence-electron chi connectivity index (χ2n) is 3.83. The molecule has 1 saturated heterocycles. The maximum absolute atomic E-state index is 5.82. The SMILES string of the molecule is CC1CN(c2ncc(Br)cn2)CC(CCl)O1. The first-order valence-corrected chi connectivity index (χ1v) is 6.45. The summed E-state index contributed by atoms with van der Waals surface area (Å²) in [5.74, 6) is 1.23. The van der Waals surface area contributed by atoms with Crippen LogP contribution in [0.25, 0.3) is 0 Å². The number of ether oxygens (including phenoxy) is 1. The lowest BCUT2D eigenvalue weighted by molar-refractivity contribution is -0.00383. The molecule has 0 N–H and O–H groups in total. The van der Waals surface area contributed by atoms with Gasteiger partial charge in [-0.25, -0.2) is 9.97 Å². The highest BCUT2D eigenvalue weighted by atomic mass is 79.9. The number of hydrogen-bond donors (Lipinski definition) is 0. The Hall–Kier alpha value is -0.390. The van der Waals surface area contributed by atoms with Crippen LogP contribution in [0.15, 0.2) is 16.9 Å². The van der Waals surface area contributed by atoms with Crippen LogP contribution in [-0.4, -0.2) is 41.1 Å². The van der Waals surface area contributed by atoms with E-state index in [2.05, 4.69) is 30.8 Å². The molecule has 2 rings (SSSR count). The molecule has 0 radical (unpaired) electrons. The van der Waals surface area contributed by atoms with E-state index in [4.69, 9.17) is 16.3 Å². The van der Waals surface area contributed by atoms with Gasteiger partial charge in [0.2, 0.25) is 5.95 Å². The van der Waals surface area contributed by atoms with Crippen molar-refractivity contribution in [2.24, 2.45) is 0 Å². The maximum atomic E-state index is 5.82. The number of rotatable bonds is 2. The summed E-state index contributed by atoms with van der Waals surface area (Å²) in [6, 6.07) is 0. The molecular formula is C10H13BrClN3O. The topological polar surface area (TPSA) is 38.2 Å². The largest absolute Gasteiger partial charge is 0.370 e. The lowest BCUT2D eigenvalue weighted by Crippen LogP contribution is -2.48. The average Bonchev–Trinajstić information content (AvgIpc) is 2.29. The van der Waals surface area contributed by atoms with E-state index in [1.54, 1.807) is 12.4 Å². The third kappa shape index (κ3) is 2.84. The van der Waals surface area contributed by atoms with E-state index in [-0.39, 0.29) is 12.2 Å². The smallest absolute Gasteiger partial charge is 0.225 e. The summed E-state index contributed by atoms with van der Waals surface area (Å²) in [5, 5.41) is 0. The molecule has 16 heavy (non-hydrogen) atoms. The average molecular weight is 307 g/mol. The van der Waals surface area contributed by atoms with E-state index in [1.807, 2.05) is 6.92 Å². The Morgan fingerprint density at radius 3 is 2.81 bits per heavy atom. The fourth-order valence-corrected chi connectivity index (χ4v) is 2.14. The van der Waals surface area contributed by atoms with Crippen molar-refractivity contribution in [3.05, 3.63) is 16.9 Å². The number of alkyl halides is 1. The van der Waals surface area contributed by atoms with Crippen LogP contribution >= 0.6 is 27.5 Å². The van der Waals surface area contributed by atoms with Crippen LogP contribution in [0.3, 0.4) is 0 Å². The van der Waals surface area contributed by atoms with Crippen LogP contribution in [0.4, 0.5) is 5.95 Å². The third-order valence-corrected chi connectivity index (χ3v) is 3.14. The highest BCUT2D eigenvalue weighted by molar-refractivity contribution is 9.10. The Bertz CT molecular complexity index is 348. The molecule has 2 heterocycles. The molecule has 0 saturated carbocycles. The van der Waals surface area contributed by atoms with E-state index >= 15 is 0 Å². The zero-order chi connectivity index (χ0) is 11.5. The van der Waals surface area contributed by atoms with Gasteiger partial charge in [0.05, 0.1) is 22.6 Å². The van der Waals surface area contributed by atoms with Crippen LogP contribution in [0, 0.1) is 0 Å². The predicted molar refractivity (Wildman–Crippen MR) is 67.0 cm³/mol. The number of halogens is 2. The third-order valence-electron chi connectivity index (χ3n) is 2.39. The number of aromatic nitrogens is 2. The van der Waals surface area contributed by atoms with Crippen molar-refractivity contribution in [2.75, 3.05) is 23.9 Å². The van der Waals surface area contributed by atoms with E-state index in [0.29, 0.717) is 5.88 Å². The van der Waals surface area contributed by atoms with Crippen molar-refractivity contribution in [1.29, 1.82) is 0 Å². The molecule has 88 valence electrons. The summed E-state index contributed by atoms with van der Waals surface area (Å²) in [6.07, 6.45) is 3.71. The van der Waals surface area contributed by atoms with Gasteiger partial charge >= 0.3 is 0 Å². The molecule has 0 spiro atoms. The van der Waals surface area contributed by atoms with Gasteiger partial charge in [0.25, 0.3) is 0 Å². The molecule has 2 atom stereocenters. The van der Waals surface area contributed by atoms with Crippen molar-refractivity contribution in [3.63, 3.8) is 0 Å². The van der Waals surface area contributed by atoms with Gasteiger partial charge in [-0.15, -0.1) is 11.6 Å². The second-order valence-corrected chi connectivity index (χ2v) is 5.05. The van der Waals surface area contributed by atoms with Gasteiger partial charge in [-0.3, -0.25) is 0 Å². The van der Waals surface area contributed by atoms with Crippen molar-refractivity contribution >= 4 is 33.5 Å². The molecule has 2 unspecified atom stereocenters. The summed E-state index contributed by atoms with van der Waals surface area (Å²) in [4.78, 5) is 10.7. The van der Waals surface area contributed by atoms with Gasteiger partial charge in [0.15, 0.2) is 0 Å². The maximum Gasteiger partial charge on any atom is 0.225 e. The molecule has 1 aromatic rings. The fraction of sp³-hybridized carbons (Fsp3) is 0.600. The summed E-state index contributed by atoms with van der Waals surface area (Å²) >= 11 is 9.14. The van der Waals surface area contributed by atoms with Crippen molar-refractivity contribution in [2.45, 2.75) is 19.1 Å². The van der Waals surface area contributed by atoms with Gasteiger partial charge in [0, 0.05) is 25.5 Å². The first-order chi connectivity index (χ1) is 7.69. The normalized spacial score (nSPS) is 25.8. The van der Waals surface area contributed by atoms with Crippen molar-refractivity contribution < 1.29 is 4.74 Å². The predicted octanol–water partition coefficient (Wildman–Crippen LogP) is 2.07. The minimum Gasteiger partial charge on any atom is -0.370 e. The van der Waals surface area contributed by atoms with Gasteiger partial charge in [-0.05, 0) is 22.9 Å². The molecule has 1 fully saturated rings. The van der Waals surface area contributed by atoms with Crippen LogP contribution in [0.2, 0.25) is 0 Å². The van der Waals surface area contributed by atoms with Crippen LogP contribution in [0.1, 0.15) is 6.92 Å². The fourth-order valence-electron chi connectivity index (χ4n) is 1.76. The highest BCUT2D eigenvalue weighted by Crippen LogP contribution is 2.18. The molecule has 1 aliphatic heterocycles. The van der Waals surface area contributed by atoms with Crippen molar-refractivity contribution in [3.8, 4) is 0 Å². The summed E-state index contributed by atoms with van der Waals surface area (Å²) < 4.78 is 6.55. The van der Waals surface area contributed by atoms with E-state index in [9.17, 15) is 0 Å². The Kier molecular flexibility index (Phi) is 4.00. The quantitative estimate of drug-likeness (QED) is 0.784. The first-order valence-electron chi connectivity index (χ1n) is 5.13. The zero-order valence-corrected chi connectivity index (χ0v) is 11.3. The zero-order valence-electron chi connectivity index (χ0n) is 8.94. The molecule has 1 aliphatic rings. The standard InChI is InChI=1S/C10H13BrClN3O/c1-7-5-15(6-9(2-12)16-7)10-13-3-8(11)4-14-10/h3-4,7,9H,2,5-6H2,1H3. The number of morpholine rings is 1. The van der Waals surface area contributed by atoms with Gasteiger partial charge in [-0.1, -0.05) is 0 Å². The minimum atomic E-state index is 0.0534. The molecule has 1 aromatic heterocycles. The number of nitrogens with zero attached hydrogens (tertiary/aromatic N) is 3. The minimum absolute atomic E-state index is 0.0534. The lowest BCUT2D eigenvalue weighted by Gasteiger charge is -2.35. The molecule has 0 aromatic carbocycles. The Morgan fingerprint density at radius 1 is 1.50 bits per heavy atom. The van der Waals surface area contributed by atoms with Gasteiger partial charge in [-0.2, -0.15) is 0 Å². The first kappa shape index (κ1) is 12.1. The molecule has 0 aliphatic carbocycles. The highest BCUT2D eigenvalue weighted by Gasteiger charge is 2.25. The Balaban J connectivity index is 2.11. The molecule has 0 amide bonds. The van der Waals surface area contributed by atoms with E-state index in [1.165, 1.54) is 0 Å². The molecule has 4 nitrogen and oxygen atoms in total. The number of hydrogen-bond acceptors (Lipinski definition) is 4. The van der Waals surface area contributed by atoms with Crippen LogP contribution in [0.5, 0.6) is 0 Å². The lowest BCUT2D eigenvalue weighted by atomic mass is 10.2. The monoisotopic (exact) mass is 305 g/mol. The Morgan fingerprint density at radius 2 is 2.19 bits per heavy atom.